The van der Waals surface area contributed by atoms with Crippen LogP contribution >= 0.6 is 0 Å². The molecule has 0 radical (unpaired) electrons. The monoisotopic (exact) mass is 290 g/mol. The maximum absolute atomic E-state index is 11.7. The summed E-state index contributed by atoms with van der Waals surface area (Å²) >= 11 is 0. The van der Waals surface area contributed by atoms with Gasteiger partial charge in [-0.2, -0.15) is 0 Å². The van der Waals surface area contributed by atoms with E-state index < -0.39 is 0 Å². The molecule has 1 heterocycles. The fraction of sp³-hybridized carbons (Fsp3) is 0.625. The molecule has 3 N–H and O–H groups in total. The molecular formula is C16H26N4O. The molecule has 1 aliphatic rings. The van der Waals surface area contributed by atoms with E-state index in [-0.39, 0.29) is 6.03 Å². The van der Waals surface area contributed by atoms with Gasteiger partial charge in [0.05, 0.1) is 0 Å². The predicted octanol–water partition coefficient (Wildman–Crippen LogP) is 2.91. The van der Waals surface area contributed by atoms with Gasteiger partial charge in [0.1, 0.15) is 5.82 Å². The summed E-state index contributed by atoms with van der Waals surface area (Å²) in [6.45, 7) is 1.60. The number of nitrogens with one attached hydrogen (secondary N) is 3. The Morgan fingerprint density at radius 3 is 2.71 bits per heavy atom. The molecule has 1 fully saturated rings. The molecule has 1 saturated carbocycles. The van der Waals surface area contributed by atoms with Crippen LogP contribution < -0.4 is 16.0 Å². The van der Waals surface area contributed by atoms with Crippen LogP contribution in [0.2, 0.25) is 0 Å². The Labute approximate surface area is 126 Å². The molecule has 0 bridgehead atoms. The van der Waals surface area contributed by atoms with E-state index >= 15 is 0 Å². The molecule has 2 amide bonds. The number of aromatic nitrogens is 1. The van der Waals surface area contributed by atoms with Gasteiger partial charge in [-0.1, -0.05) is 25.3 Å². The number of carbonyl (C=O) groups is 1. The highest BCUT2D eigenvalue weighted by molar-refractivity contribution is 5.74. The molecule has 5 heteroatoms. The fourth-order valence-corrected chi connectivity index (χ4v) is 2.62. The number of hydrogen-bond donors (Lipinski definition) is 3. The molecule has 2 rings (SSSR count). The Hall–Kier alpha value is -1.78. The van der Waals surface area contributed by atoms with Gasteiger partial charge in [-0.3, -0.25) is 0 Å². The zero-order chi connectivity index (χ0) is 14.8. The zero-order valence-electron chi connectivity index (χ0n) is 12.6. The van der Waals surface area contributed by atoms with Gasteiger partial charge >= 0.3 is 6.03 Å². The quantitative estimate of drug-likeness (QED) is 0.676. The number of nitrogens with zero attached hydrogens (tertiary/aromatic N) is 1. The summed E-state index contributed by atoms with van der Waals surface area (Å²) < 4.78 is 0. The second-order valence-electron chi connectivity index (χ2n) is 5.58. The Bertz CT molecular complexity index is 404. The lowest BCUT2D eigenvalue weighted by Crippen LogP contribution is -2.43. The van der Waals surface area contributed by atoms with Crippen LogP contribution in [0.3, 0.4) is 0 Å². The second-order valence-corrected chi connectivity index (χ2v) is 5.58. The van der Waals surface area contributed by atoms with Crippen LogP contribution in [0.1, 0.15) is 44.9 Å². The summed E-state index contributed by atoms with van der Waals surface area (Å²) in [6.07, 6.45) is 9.80. The predicted molar refractivity (Wildman–Crippen MR) is 85.4 cm³/mol. The normalized spacial score (nSPS) is 15.4. The maximum Gasteiger partial charge on any atom is 0.315 e. The highest BCUT2D eigenvalue weighted by atomic mass is 16.2. The zero-order valence-corrected chi connectivity index (χ0v) is 12.6. The lowest BCUT2D eigenvalue weighted by molar-refractivity contribution is 0.232. The van der Waals surface area contributed by atoms with Crippen molar-refractivity contribution in [1.29, 1.82) is 0 Å². The van der Waals surface area contributed by atoms with Crippen LogP contribution in [0.15, 0.2) is 24.4 Å². The first-order valence-electron chi connectivity index (χ1n) is 8.04. The van der Waals surface area contributed by atoms with Crippen LogP contribution in [-0.2, 0) is 0 Å². The van der Waals surface area contributed by atoms with Crippen molar-refractivity contribution in [1.82, 2.24) is 15.6 Å². The highest BCUT2D eigenvalue weighted by Gasteiger charge is 2.14. The summed E-state index contributed by atoms with van der Waals surface area (Å²) in [4.78, 5) is 15.9. The topological polar surface area (TPSA) is 66.0 Å². The molecule has 5 nitrogen and oxygen atoms in total. The Balaban J connectivity index is 1.46. The van der Waals surface area contributed by atoms with Crippen molar-refractivity contribution in [3.63, 3.8) is 0 Å². The van der Waals surface area contributed by atoms with Crippen LogP contribution in [0, 0.1) is 0 Å². The molecule has 0 spiro atoms. The summed E-state index contributed by atoms with van der Waals surface area (Å²) in [5, 5.41) is 9.25. The minimum Gasteiger partial charge on any atom is -0.370 e. The molecule has 0 saturated heterocycles. The molecule has 1 aliphatic carbocycles. The second kappa shape index (κ2) is 9.21. The number of hydrogen-bond acceptors (Lipinski definition) is 3. The largest absolute Gasteiger partial charge is 0.370 e. The van der Waals surface area contributed by atoms with Gasteiger partial charge in [0.2, 0.25) is 0 Å². The number of carbonyl (C=O) groups excluding carboxylic acids is 1. The summed E-state index contributed by atoms with van der Waals surface area (Å²) in [5.41, 5.74) is 0. The van der Waals surface area contributed by atoms with E-state index in [9.17, 15) is 4.79 Å². The van der Waals surface area contributed by atoms with Crippen molar-refractivity contribution >= 4 is 11.8 Å². The molecule has 116 valence electrons. The van der Waals surface area contributed by atoms with Crippen molar-refractivity contribution < 1.29 is 4.79 Å². The fourth-order valence-electron chi connectivity index (χ4n) is 2.62. The van der Waals surface area contributed by atoms with E-state index in [4.69, 9.17) is 0 Å². The number of amides is 2. The van der Waals surface area contributed by atoms with Crippen molar-refractivity contribution in [3.05, 3.63) is 24.4 Å². The van der Waals surface area contributed by atoms with Crippen molar-refractivity contribution in [2.24, 2.45) is 0 Å². The Kier molecular flexibility index (Phi) is 6.84. The SMILES string of the molecule is O=C(NCCCCNc1ccccn1)NC1CCCCC1. The van der Waals surface area contributed by atoms with Crippen LogP contribution in [0.4, 0.5) is 10.6 Å². The van der Waals surface area contributed by atoms with Gasteiger partial charge in [0.25, 0.3) is 0 Å². The van der Waals surface area contributed by atoms with E-state index in [1.807, 2.05) is 18.2 Å². The Morgan fingerprint density at radius 2 is 1.95 bits per heavy atom. The van der Waals surface area contributed by atoms with Crippen LogP contribution in [0.5, 0.6) is 0 Å². The minimum atomic E-state index is -0.0143. The third kappa shape index (κ3) is 6.47. The van der Waals surface area contributed by atoms with Gasteiger partial charge < -0.3 is 16.0 Å². The van der Waals surface area contributed by atoms with E-state index in [1.54, 1.807) is 6.20 Å². The summed E-state index contributed by atoms with van der Waals surface area (Å²) in [7, 11) is 0. The van der Waals surface area contributed by atoms with Gasteiger partial charge in [-0.25, -0.2) is 9.78 Å². The molecule has 0 aromatic carbocycles. The first-order valence-corrected chi connectivity index (χ1v) is 8.04. The lowest BCUT2D eigenvalue weighted by atomic mass is 9.96. The van der Waals surface area contributed by atoms with E-state index in [0.29, 0.717) is 6.04 Å². The van der Waals surface area contributed by atoms with Gasteiger partial charge in [0, 0.05) is 25.3 Å². The van der Waals surface area contributed by atoms with E-state index in [0.717, 1.165) is 44.6 Å². The van der Waals surface area contributed by atoms with Gasteiger partial charge in [-0.15, -0.1) is 0 Å². The number of unbranched alkanes of at least 4 members (excludes halogenated alkanes) is 1. The standard InChI is InChI=1S/C16H26N4O/c21-16(20-14-8-2-1-3-9-14)19-13-7-6-12-18-15-10-4-5-11-17-15/h4-5,10-11,14H,1-3,6-9,12-13H2,(H,17,18)(H2,19,20,21). The molecular weight excluding hydrogens is 264 g/mol. The molecule has 1 aromatic heterocycles. The maximum atomic E-state index is 11.7. The highest BCUT2D eigenvalue weighted by Crippen LogP contribution is 2.17. The van der Waals surface area contributed by atoms with Gasteiger partial charge in [0.15, 0.2) is 0 Å². The first-order chi connectivity index (χ1) is 10.3. The van der Waals surface area contributed by atoms with Crippen LogP contribution in [-0.4, -0.2) is 30.1 Å². The smallest absolute Gasteiger partial charge is 0.315 e. The van der Waals surface area contributed by atoms with Crippen LogP contribution in [0.25, 0.3) is 0 Å². The van der Waals surface area contributed by atoms with Gasteiger partial charge in [-0.05, 0) is 37.8 Å². The van der Waals surface area contributed by atoms with Crippen molar-refractivity contribution in [2.75, 3.05) is 18.4 Å². The molecule has 21 heavy (non-hydrogen) atoms. The van der Waals surface area contributed by atoms with Crippen molar-refractivity contribution in [2.45, 2.75) is 51.0 Å². The Morgan fingerprint density at radius 1 is 1.14 bits per heavy atom. The molecule has 0 unspecified atom stereocenters. The molecule has 1 aromatic rings. The molecule has 0 atom stereocenters. The van der Waals surface area contributed by atoms with E-state index in [2.05, 4.69) is 20.9 Å². The molecule has 0 aliphatic heterocycles. The number of rotatable bonds is 7. The first kappa shape index (κ1) is 15.6. The third-order valence-corrected chi connectivity index (χ3v) is 3.80. The minimum absolute atomic E-state index is 0.0143. The summed E-state index contributed by atoms with van der Waals surface area (Å²) in [6, 6.07) is 6.19. The number of urea groups is 1. The summed E-state index contributed by atoms with van der Waals surface area (Å²) in [5.74, 6) is 0.903. The average molecular weight is 290 g/mol. The third-order valence-electron chi connectivity index (χ3n) is 3.80. The van der Waals surface area contributed by atoms with Crippen molar-refractivity contribution in [3.8, 4) is 0 Å². The average Bonchev–Trinajstić information content (AvgIpc) is 2.53. The van der Waals surface area contributed by atoms with E-state index in [1.165, 1.54) is 19.3 Å². The lowest BCUT2D eigenvalue weighted by Gasteiger charge is -2.22. The number of pyridine rings is 1. The number of anilines is 1.